The van der Waals surface area contributed by atoms with Crippen molar-refractivity contribution in [3.8, 4) is 0 Å². The van der Waals surface area contributed by atoms with E-state index in [-0.39, 0.29) is 22.1 Å². The van der Waals surface area contributed by atoms with Crippen LogP contribution in [0.1, 0.15) is 5.56 Å². The van der Waals surface area contributed by atoms with Crippen LogP contribution in [0.2, 0.25) is 0 Å². The Kier molecular flexibility index (Phi) is 5.81. The van der Waals surface area contributed by atoms with Crippen molar-refractivity contribution in [2.45, 2.75) is 16.7 Å². The van der Waals surface area contributed by atoms with Gasteiger partial charge < -0.3 is 5.32 Å². The van der Waals surface area contributed by atoms with E-state index in [0.29, 0.717) is 0 Å². The van der Waals surface area contributed by atoms with Crippen molar-refractivity contribution in [2.75, 3.05) is 12.3 Å². The minimum absolute atomic E-state index is 0.0579. The molecule has 25 heavy (non-hydrogen) atoms. The molecule has 0 radical (unpaired) electrons. The van der Waals surface area contributed by atoms with Crippen molar-refractivity contribution >= 4 is 25.9 Å². The van der Waals surface area contributed by atoms with E-state index < -0.39 is 25.9 Å². The molecule has 0 fully saturated rings. The fourth-order valence-electron chi connectivity index (χ4n) is 1.98. The molecule has 0 bridgehead atoms. The number of carbonyl (C=O) groups is 1. The summed E-state index contributed by atoms with van der Waals surface area (Å²) in [5, 5.41) is 2.24. The molecule has 0 aliphatic rings. The zero-order chi connectivity index (χ0) is 18.5. The molecule has 0 aliphatic heterocycles. The van der Waals surface area contributed by atoms with E-state index in [1.54, 1.807) is 18.2 Å². The maximum atomic E-state index is 12.1. The summed E-state index contributed by atoms with van der Waals surface area (Å²) in [6.45, 7) is 1.63. The molecule has 0 spiro atoms. The lowest BCUT2D eigenvalue weighted by Gasteiger charge is -2.09. The Bertz CT molecular complexity index is 938. The Labute approximate surface area is 147 Å². The van der Waals surface area contributed by atoms with Gasteiger partial charge in [0.2, 0.25) is 0 Å². The van der Waals surface area contributed by atoms with Gasteiger partial charge >= 0.3 is 6.03 Å². The van der Waals surface area contributed by atoms with Gasteiger partial charge in [0, 0.05) is 6.54 Å². The van der Waals surface area contributed by atoms with Crippen molar-refractivity contribution in [1.29, 1.82) is 0 Å². The third kappa shape index (κ3) is 5.30. The van der Waals surface area contributed by atoms with Crippen molar-refractivity contribution in [3.63, 3.8) is 0 Å². The number of urea groups is 1. The van der Waals surface area contributed by atoms with Crippen molar-refractivity contribution in [2.24, 2.45) is 0 Å². The molecule has 7 nitrogen and oxygen atoms in total. The third-order valence-corrected chi connectivity index (χ3v) is 6.40. The van der Waals surface area contributed by atoms with Crippen LogP contribution in [0.25, 0.3) is 0 Å². The highest BCUT2D eigenvalue weighted by molar-refractivity contribution is 7.91. The summed E-state index contributed by atoms with van der Waals surface area (Å²) in [6.07, 6.45) is 0. The van der Waals surface area contributed by atoms with Gasteiger partial charge in [0.1, 0.15) is 0 Å². The SMILES string of the molecule is Cc1ccc(S(=O)(=O)CCNC(=O)NS(=O)(=O)c2ccccc2)cc1. The largest absolute Gasteiger partial charge is 0.336 e. The van der Waals surface area contributed by atoms with Crippen LogP contribution in [0.4, 0.5) is 4.79 Å². The molecule has 2 aromatic carbocycles. The molecule has 0 aromatic heterocycles. The van der Waals surface area contributed by atoms with Crippen LogP contribution in [0.15, 0.2) is 64.4 Å². The predicted octanol–water partition coefficient (Wildman–Crippen LogP) is 1.46. The van der Waals surface area contributed by atoms with Crippen LogP contribution in [0, 0.1) is 6.92 Å². The summed E-state index contributed by atoms with van der Waals surface area (Å²) in [7, 11) is -7.55. The molecule has 2 amide bonds. The standard InChI is InChI=1S/C16H18N2O5S2/c1-13-7-9-14(10-8-13)24(20,21)12-11-17-16(19)18-25(22,23)15-5-3-2-4-6-15/h2-10H,11-12H2,1H3,(H2,17,18,19). The summed E-state index contributed by atoms with van der Waals surface area (Å²) in [4.78, 5) is 11.8. The van der Waals surface area contributed by atoms with E-state index >= 15 is 0 Å². The van der Waals surface area contributed by atoms with Gasteiger partial charge in [-0.1, -0.05) is 35.9 Å². The van der Waals surface area contributed by atoms with Gasteiger partial charge in [-0.25, -0.2) is 26.4 Å². The highest BCUT2D eigenvalue weighted by Crippen LogP contribution is 2.11. The zero-order valence-corrected chi connectivity index (χ0v) is 15.1. The molecule has 0 saturated heterocycles. The summed E-state index contributed by atoms with van der Waals surface area (Å²) in [6, 6.07) is 12.8. The lowest BCUT2D eigenvalue weighted by Crippen LogP contribution is -2.41. The number of hydrogen-bond donors (Lipinski definition) is 2. The van der Waals surface area contributed by atoms with Crippen LogP contribution in [0.5, 0.6) is 0 Å². The molecule has 2 aromatic rings. The van der Waals surface area contributed by atoms with E-state index in [1.165, 1.54) is 36.4 Å². The average molecular weight is 382 g/mol. The second kappa shape index (κ2) is 7.66. The summed E-state index contributed by atoms with van der Waals surface area (Å²) >= 11 is 0. The Morgan fingerprint density at radius 2 is 1.48 bits per heavy atom. The number of carbonyl (C=O) groups excluding carboxylic acids is 1. The van der Waals surface area contributed by atoms with Gasteiger partial charge in [-0.15, -0.1) is 0 Å². The third-order valence-electron chi connectivity index (χ3n) is 3.32. The molecule has 134 valence electrons. The predicted molar refractivity (Wildman–Crippen MR) is 93.4 cm³/mol. The molecular weight excluding hydrogens is 364 g/mol. The highest BCUT2D eigenvalue weighted by Gasteiger charge is 2.18. The summed E-state index contributed by atoms with van der Waals surface area (Å²) in [5.41, 5.74) is 0.933. The van der Waals surface area contributed by atoms with E-state index in [4.69, 9.17) is 0 Å². The van der Waals surface area contributed by atoms with Crippen molar-refractivity contribution in [3.05, 3.63) is 60.2 Å². The van der Waals surface area contributed by atoms with Gasteiger partial charge in [0.25, 0.3) is 10.0 Å². The minimum atomic E-state index is -3.99. The number of sulfonamides is 1. The highest BCUT2D eigenvalue weighted by atomic mass is 32.2. The van der Waals surface area contributed by atoms with E-state index in [2.05, 4.69) is 5.32 Å². The monoisotopic (exact) mass is 382 g/mol. The average Bonchev–Trinajstić information content (AvgIpc) is 2.55. The number of amides is 2. The number of nitrogens with one attached hydrogen (secondary N) is 2. The smallest absolute Gasteiger partial charge is 0.328 e. The normalized spacial score (nSPS) is 11.7. The molecule has 0 atom stereocenters. The van der Waals surface area contributed by atoms with Gasteiger partial charge in [-0.2, -0.15) is 0 Å². The molecule has 0 aliphatic carbocycles. The van der Waals surface area contributed by atoms with E-state index in [0.717, 1.165) is 5.56 Å². The maximum absolute atomic E-state index is 12.1. The maximum Gasteiger partial charge on any atom is 0.328 e. The van der Waals surface area contributed by atoms with Crippen LogP contribution in [-0.4, -0.2) is 35.2 Å². The van der Waals surface area contributed by atoms with Crippen molar-refractivity contribution < 1.29 is 21.6 Å². The Hall–Kier alpha value is -2.39. The van der Waals surface area contributed by atoms with Gasteiger partial charge in [0.05, 0.1) is 15.5 Å². The van der Waals surface area contributed by atoms with E-state index in [1.807, 2.05) is 11.6 Å². The second-order valence-electron chi connectivity index (χ2n) is 5.31. The van der Waals surface area contributed by atoms with Gasteiger partial charge in [0.15, 0.2) is 9.84 Å². The number of benzene rings is 2. The summed E-state index contributed by atoms with van der Waals surface area (Å²) in [5.74, 6) is -0.338. The van der Waals surface area contributed by atoms with Gasteiger partial charge in [-0.05, 0) is 31.2 Å². The Balaban J connectivity index is 1.91. The zero-order valence-electron chi connectivity index (χ0n) is 13.5. The minimum Gasteiger partial charge on any atom is -0.336 e. The number of rotatable bonds is 6. The summed E-state index contributed by atoms with van der Waals surface area (Å²) < 4.78 is 50.0. The van der Waals surface area contributed by atoms with Gasteiger partial charge in [-0.3, -0.25) is 0 Å². The molecule has 2 N–H and O–H groups in total. The molecule has 0 unspecified atom stereocenters. The molecule has 0 heterocycles. The number of hydrogen-bond acceptors (Lipinski definition) is 5. The first-order chi connectivity index (χ1) is 11.7. The lowest BCUT2D eigenvalue weighted by atomic mass is 10.2. The van der Waals surface area contributed by atoms with Crippen LogP contribution < -0.4 is 10.0 Å². The molecule has 9 heteroatoms. The Morgan fingerprint density at radius 3 is 2.08 bits per heavy atom. The van der Waals surface area contributed by atoms with Crippen molar-refractivity contribution in [1.82, 2.24) is 10.0 Å². The first kappa shape index (κ1) is 18.9. The fourth-order valence-corrected chi connectivity index (χ4v) is 4.09. The second-order valence-corrected chi connectivity index (χ2v) is 9.10. The van der Waals surface area contributed by atoms with Crippen LogP contribution in [0.3, 0.4) is 0 Å². The lowest BCUT2D eigenvalue weighted by molar-refractivity contribution is 0.246. The fraction of sp³-hybridized carbons (Fsp3) is 0.188. The Morgan fingerprint density at radius 1 is 0.880 bits per heavy atom. The van der Waals surface area contributed by atoms with Crippen LogP contribution in [-0.2, 0) is 19.9 Å². The molecule has 2 rings (SSSR count). The number of sulfone groups is 1. The van der Waals surface area contributed by atoms with E-state index in [9.17, 15) is 21.6 Å². The topological polar surface area (TPSA) is 109 Å². The first-order valence-electron chi connectivity index (χ1n) is 7.36. The first-order valence-corrected chi connectivity index (χ1v) is 10.5. The molecule has 0 saturated carbocycles. The number of aryl methyl sites for hydroxylation is 1. The molecular formula is C16H18N2O5S2. The van der Waals surface area contributed by atoms with Crippen LogP contribution >= 0.6 is 0 Å². The quantitative estimate of drug-likeness (QED) is 0.786.